The number of primary amides is 2. The van der Waals surface area contributed by atoms with Crippen LogP contribution in [0.15, 0.2) is 274 Å². The van der Waals surface area contributed by atoms with E-state index in [-0.39, 0.29) is 53.7 Å². The fraction of sp³-hybridized carbons (Fsp3) is 0.151. The van der Waals surface area contributed by atoms with E-state index in [0.29, 0.717) is 32.1 Å². The van der Waals surface area contributed by atoms with Crippen molar-refractivity contribution in [2.45, 2.75) is 70.5 Å². The summed E-state index contributed by atoms with van der Waals surface area (Å²) in [6, 6.07) is 79.6. The second kappa shape index (κ2) is 34.6. The molecule has 1 fully saturated rings. The molecule has 16 heteroatoms. The van der Waals surface area contributed by atoms with Crippen molar-refractivity contribution in [3.8, 4) is 106 Å². The van der Waals surface area contributed by atoms with Crippen LogP contribution in [-0.2, 0) is 40.1 Å². The molecule has 0 aliphatic carbocycles. The summed E-state index contributed by atoms with van der Waals surface area (Å²) in [7, 11) is 0. The van der Waals surface area contributed by atoms with Crippen LogP contribution in [-0.4, -0.2) is 61.8 Å². The molecule has 13 rings (SSSR count). The van der Waals surface area contributed by atoms with Gasteiger partial charge in [0.05, 0.1) is 0 Å². The number of nitrogens with two attached hydrogens (primary N) is 4. The van der Waals surface area contributed by atoms with Crippen molar-refractivity contribution in [3.63, 3.8) is 0 Å². The van der Waals surface area contributed by atoms with E-state index in [9.17, 15) is 42.9 Å². The van der Waals surface area contributed by atoms with Crippen LogP contribution in [0.4, 0.5) is 18.9 Å². The number of alkyl halides is 3. The lowest BCUT2D eigenvalue weighted by molar-refractivity contribution is -0.148. The molecular weight excluding hydrogens is 1280 g/mol. The number of nitrogens with one attached hydrogen (secondary N) is 1. The van der Waals surface area contributed by atoms with E-state index in [1.165, 1.54) is 6.33 Å². The Kier molecular flexibility index (Phi) is 24.6. The Hall–Kier alpha value is -12.1. The third-order valence-electron chi connectivity index (χ3n) is 17.6. The second-order valence-electron chi connectivity index (χ2n) is 25.1. The average Bonchev–Trinajstić information content (AvgIpc) is 1.04. The van der Waals surface area contributed by atoms with Gasteiger partial charge in [-0.1, -0.05) is 206 Å². The molecule has 11 aromatic carbocycles. The van der Waals surface area contributed by atoms with Crippen LogP contribution < -0.4 is 28.3 Å². The van der Waals surface area contributed by atoms with Gasteiger partial charge in [-0.2, -0.15) is 13.2 Å². The Morgan fingerprint density at radius 3 is 1.23 bits per heavy atom. The number of amides is 3. The molecule has 1 aliphatic heterocycles. The normalized spacial score (nSPS) is 12.6. The molecule has 0 radical (unpaired) electrons. The van der Waals surface area contributed by atoms with Gasteiger partial charge in [0.2, 0.25) is 17.7 Å². The smallest absolute Gasteiger partial charge is 0.403 e. The molecule has 12 aromatic rings. The Morgan fingerprint density at radius 1 is 0.461 bits per heavy atom. The summed E-state index contributed by atoms with van der Waals surface area (Å²) in [5, 5.41) is 32.3. The van der Waals surface area contributed by atoms with E-state index < -0.39 is 12.2 Å². The molecular formula is C86H80F3N7O6. The van der Waals surface area contributed by atoms with Crippen molar-refractivity contribution >= 4 is 23.4 Å². The van der Waals surface area contributed by atoms with Crippen LogP contribution in [0.5, 0.6) is 17.2 Å². The molecule has 2 heterocycles. The van der Waals surface area contributed by atoms with Crippen LogP contribution >= 0.6 is 0 Å². The number of nitrogens with zero attached hydrogens (tertiary/aromatic N) is 2. The fourth-order valence-electron chi connectivity index (χ4n) is 12.4. The second-order valence-corrected chi connectivity index (χ2v) is 25.1. The summed E-state index contributed by atoms with van der Waals surface area (Å²) in [6.45, 7) is 2.77. The Labute approximate surface area is 592 Å². The van der Waals surface area contributed by atoms with Gasteiger partial charge in [-0.15, -0.1) is 0 Å². The number of carbonyl (C=O) groups is 3. The van der Waals surface area contributed by atoms with Gasteiger partial charge in [-0.05, 0) is 205 Å². The third-order valence-corrected chi connectivity index (χ3v) is 17.6. The maximum Gasteiger partial charge on any atom is 0.403 e. The number of nitrogen functional groups attached to an aromatic ring is 1. The zero-order valence-corrected chi connectivity index (χ0v) is 56.4. The lowest BCUT2D eigenvalue weighted by Gasteiger charge is -2.17. The molecule has 0 bridgehead atoms. The number of phenols is 3. The van der Waals surface area contributed by atoms with Gasteiger partial charge in [0.15, 0.2) is 0 Å². The molecule has 2 unspecified atom stereocenters. The topological polar surface area (TPSA) is 254 Å². The van der Waals surface area contributed by atoms with Crippen molar-refractivity contribution < 1.29 is 42.9 Å². The zero-order valence-electron chi connectivity index (χ0n) is 56.4. The highest BCUT2D eigenvalue weighted by atomic mass is 19.4. The molecule has 1 aliphatic rings. The first kappa shape index (κ1) is 72.6. The van der Waals surface area contributed by atoms with E-state index in [2.05, 4.69) is 82.0 Å². The Balaban J connectivity index is 0.000000147. The van der Waals surface area contributed by atoms with Gasteiger partial charge in [-0.25, -0.2) is 9.97 Å². The van der Waals surface area contributed by atoms with Gasteiger partial charge in [0.25, 0.3) is 0 Å². The third kappa shape index (κ3) is 20.3. The summed E-state index contributed by atoms with van der Waals surface area (Å²) < 4.78 is 38.4. The number of hydrogen-bond acceptors (Lipinski definition) is 10. The number of hydrogen-bond donors (Lipinski definition) is 8. The summed E-state index contributed by atoms with van der Waals surface area (Å²) >= 11 is 0. The first-order valence-corrected chi connectivity index (χ1v) is 33.6. The average molecular weight is 1360 g/mol. The number of rotatable bonds is 19. The van der Waals surface area contributed by atoms with Crippen LogP contribution in [0.3, 0.4) is 0 Å². The number of aromatic hydroxyl groups is 3. The van der Waals surface area contributed by atoms with E-state index in [1.807, 2.05) is 153 Å². The van der Waals surface area contributed by atoms with E-state index in [1.54, 1.807) is 54.9 Å². The van der Waals surface area contributed by atoms with Gasteiger partial charge in [0.1, 0.15) is 29.6 Å². The lowest BCUT2D eigenvalue weighted by Crippen LogP contribution is -2.37. The van der Waals surface area contributed by atoms with Crippen molar-refractivity contribution in [3.05, 3.63) is 301 Å². The largest absolute Gasteiger partial charge is 0.508 e. The maximum absolute atomic E-state index is 12.8. The molecule has 102 heavy (non-hydrogen) atoms. The number of benzene rings is 11. The fourth-order valence-corrected chi connectivity index (χ4v) is 12.4. The SMILES string of the molecule is Cc1cc(N)cc(-c2ccc(-c3cncnc3)cc2CCC(N)=O)c1.NC(=O)CCc1cc(-c2ccccc2)ccc1-c1cccc(O)c1.NC(CCc1cc(-c2ccccc2)ccc1-c1cccc(O)c1)C(F)(F)F.O=C1NCCC1Cc1cc(-c2ccccc2)ccc1-c1cccc(O)c1. The van der Waals surface area contributed by atoms with Crippen LogP contribution in [0.1, 0.15) is 53.5 Å². The highest BCUT2D eigenvalue weighted by Crippen LogP contribution is 2.38. The number of anilines is 1. The molecule has 12 N–H and O–H groups in total. The summed E-state index contributed by atoms with van der Waals surface area (Å²) in [4.78, 5) is 42.7. The maximum atomic E-state index is 12.8. The minimum absolute atomic E-state index is 0.0112. The number of carbonyl (C=O) groups excluding carboxylic acids is 3. The molecule has 0 saturated carbocycles. The number of phenolic OH excluding ortho intramolecular Hbond substituents is 3. The molecule has 3 amide bonds. The van der Waals surface area contributed by atoms with Crippen LogP contribution in [0.25, 0.3) is 89.0 Å². The van der Waals surface area contributed by atoms with E-state index in [4.69, 9.17) is 22.9 Å². The number of aromatic nitrogens is 2. The molecule has 516 valence electrons. The molecule has 1 aromatic heterocycles. The van der Waals surface area contributed by atoms with Gasteiger partial charge in [0, 0.05) is 48.9 Å². The first-order chi connectivity index (χ1) is 49.2. The predicted octanol–water partition coefficient (Wildman–Crippen LogP) is 17.2. The quantitative estimate of drug-likeness (QED) is 0.0355. The monoisotopic (exact) mass is 1360 g/mol. The van der Waals surface area contributed by atoms with Crippen molar-refractivity contribution in [1.29, 1.82) is 0 Å². The van der Waals surface area contributed by atoms with Crippen molar-refractivity contribution in [2.75, 3.05) is 12.3 Å². The minimum atomic E-state index is -4.41. The summed E-state index contributed by atoms with van der Waals surface area (Å²) in [6.07, 6.45) is 3.91. The lowest BCUT2D eigenvalue weighted by atomic mass is 9.89. The molecule has 2 atom stereocenters. The van der Waals surface area contributed by atoms with Gasteiger partial charge >= 0.3 is 6.18 Å². The Morgan fingerprint density at radius 2 is 0.843 bits per heavy atom. The summed E-state index contributed by atoms with van der Waals surface area (Å²) in [5.74, 6) is 0.0939. The zero-order chi connectivity index (χ0) is 72.1. The standard InChI is InChI=1S/C23H21NO2.C22H20F3NO.C21H19NO2.C20H20N4O/c25-21-8-4-7-18(15-21)22-10-9-17(16-5-2-1-3-6-16)13-20(22)14-19-11-12-24-23(19)26;23-22(24,25)21(26)12-10-18-13-16(15-5-2-1-3-6-15)9-11-20(18)17-7-4-8-19(27)14-17;22-21(24)12-10-18-13-16(15-5-2-1-3-6-15)9-11-20(18)17-7-4-8-19(23)14-17;1-13-6-16(9-18(21)7-13)19-4-2-14(17-10-23-12-24-11-17)8-15(19)3-5-20(22)25/h1-10,13,15,19,25H,11-12,14H2,(H,24,26);1-9,11,13-14,21,27H,10,12,26H2;1-9,11,13-14,23H,10,12H2,(H2,22,24);2,4,6-12H,3,5,21H2,1H3,(H2,22,25). The number of aryl methyl sites for hydroxylation is 4. The van der Waals surface area contributed by atoms with E-state index in [0.717, 1.165) is 135 Å². The first-order valence-electron chi connectivity index (χ1n) is 33.6. The molecule has 1 saturated heterocycles. The molecule has 13 nitrogen and oxygen atoms in total. The summed E-state index contributed by atoms with van der Waals surface area (Å²) in [5.41, 5.74) is 43.7. The minimum Gasteiger partial charge on any atom is -0.508 e. The predicted molar refractivity (Wildman–Crippen MR) is 401 cm³/mol. The van der Waals surface area contributed by atoms with Crippen molar-refractivity contribution in [1.82, 2.24) is 15.3 Å². The Bertz CT molecular complexity index is 4810. The highest BCUT2D eigenvalue weighted by molar-refractivity contribution is 5.83. The van der Waals surface area contributed by atoms with Crippen molar-refractivity contribution in [2.24, 2.45) is 23.1 Å². The van der Waals surface area contributed by atoms with Crippen LogP contribution in [0.2, 0.25) is 0 Å². The number of halogens is 3. The van der Waals surface area contributed by atoms with Gasteiger partial charge in [-0.3, -0.25) is 14.4 Å². The highest BCUT2D eigenvalue weighted by Gasteiger charge is 2.36. The van der Waals surface area contributed by atoms with E-state index >= 15 is 0 Å². The molecule has 0 spiro atoms. The van der Waals surface area contributed by atoms with Crippen LogP contribution in [0, 0.1) is 12.8 Å². The van der Waals surface area contributed by atoms with Gasteiger partial charge < -0.3 is 43.6 Å².